The predicted octanol–water partition coefficient (Wildman–Crippen LogP) is 3.36. The average molecular weight is 242 g/mol. The largest absolute Gasteiger partial charge is 0.462 e. The van der Waals surface area contributed by atoms with Crippen LogP contribution in [0.15, 0.2) is 18.2 Å². The minimum absolute atomic E-state index is 0.254. The Morgan fingerprint density at radius 1 is 1.38 bits per heavy atom. The van der Waals surface area contributed by atoms with Crippen molar-refractivity contribution >= 4 is 27.4 Å². The first-order valence-corrected chi connectivity index (χ1v) is 5.49. The normalized spacial score (nSPS) is 10.7. The van der Waals surface area contributed by atoms with E-state index in [1.807, 2.05) is 0 Å². The summed E-state index contributed by atoms with van der Waals surface area (Å²) in [5.74, 6) is -1.82. The predicted molar refractivity (Wildman–Crippen MR) is 57.7 cm³/mol. The number of hydrogen-bond donors (Lipinski definition) is 0. The summed E-state index contributed by atoms with van der Waals surface area (Å²) >= 11 is 0.964. The summed E-state index contributed by atoms with van der Waals surface area (Å²) in [6.45, 7) is 1.94. The van der Waals surface area contributed by atoms with Crippen molar-refractivity contribution in [3.63, 3.8) is 0 Å². The Hall–Kier alpha value is -1.49. The van der Waals surface area contributed by atoms with Gasteiger partial charge in [0.1, 0.15) is 16.5 Å². The molecular weight excluding hydrogens is 234 g/mol. The number of carbonyl (C=O) groups excluding carboxylic acids is 1. The van der Waals surface area contributed by atoms with E-state index in [1.54, 1.807) is 6.92 Å². The van der Waals surface area contributed by atoms with Crippen LogP contribution in [0, 0.1) is 11.6 Å². The minimum atomic E-state index is -0.657. The summed E-state index contributed by atoms with van der Waals surface area (Å²) in [7, 11) is 0. The first-order chi connectivity index (χ1) is 7.61. The third kappa shape index (κ3) is 1.90. The van der Waals surface area contributed by atoms with Crippen LogP contribution in [0.25, 0.3) is 10.1 Å². The van der Waals surface area contributed by atoms with E-state index in [-0.39, 0.29) is 16.2 Å². The van der Waals surface area contributed by atoms with Crippen molar-refractivity contribution in [1.29, 1.82) is 0 Å². The van der Waals surface area contributed by atoms with Gasteiger partial charge in [-0.2, -0.15) is 0 Å². The molecule has 2 nitrogen and oxygen atoms in total. The second kappa shape index (κ2) is 4.17. The van der Waals surface area contributed by atoms with Gasteiger partial charge >= 0.3 is 5.97 Å². The third-order valence-electron chi connectivity index (χ3n) is 2.01. The summed E-state index contributed by atoms with van der Waals surface area (Å²) in [4.78, 5) is 11.7. The molecule has 1 aromatic heterocycles. The topological polar surface area (TPSA) is 26.3 Å². The quantitative estimate of drug-likeness (QED) is 0.755. The van der Waals surface area contributed by atoms with E-state index in [1.165, 1.54) is 12.1 Å². The number of ether oxygens (including phenoxy) is 1. The van der Waals surface area contributed by atoms with Gasteiger partial charge in [-0.1, -0.05) is 0 Å². The van der Waals surface area contributed by atoms with Gasteiger partial charge in [0.25, 0.3) is 0 Å². The third-order valence-corrected chi connectivity index (χ3v) is 3.15. The van der Waals surface area contributed by atoms with Crippen LogP contribution >= 0.6 is 11.3 Å². The molecule has 0 bridgehead atoms. The lowest BCUT2D eigenvalue weighted by molar-refractivity contribution is 0.0532. The van der Waals surface area contributed by atoms with Crippen molar-refractivity contribution in [1.82, 2.24) is 0 Å². The molecule has 84 valence electrons. The van der Waals surface area contributed by atoms with E-state index in [4.69, 9.17) is 4.74 Å². The Bertz CT molecular complexity index is 548. The minimum Gasteiger partial charge on any atom is -0.462 e. The van der Waals surface area contributed by atoms with Crippen LogP contribution in [-0.4, -0.2) is 12.6 Å². The van der Waals surface area contributed by atoms with Crippen molar-refractivity contribution in [2.24, 2.45) is 0 Å². The van der Waals surface area contributed by atoms with Crippen LogP contribution in [0.5, 0.6) is 0 Å². The van der Waals surface area contributed by atoms with Gasteiger partial charge in [-0.15, -0.1) is 11.3 Å². The smallest absolute Gasteiger partial charge is 0.348 e. The number of halogens is 2. The zero-order chi connectivity index (χ0) is 11.7. The molecule has 1 heterocycles. The maximum atomic E-state index is 13.3. The fraction of sp³-hybridized carbons (Fsp3) is 0.182. The number of carbonyl (C=O) groups is 1. The monoisotopic (exact) mass is 242 g/mol. The van der Waals surface area contributed by atoms with Crippen LogP contribution in [0.1, 0.15) is 16.6 Å². The summed E-state index contributed by atoms with van der Waals surface area (Å²) in [6.07, 6.45) is 0. The molecule has 0 fully saturated rings. The second-order valence-electron chi connectivity index (χ2n) is 3.14. The molecule has 0 saturated heterocycles. The van der Waals surface area contributed by atoms with E-state index in [2.05, 4.69) is 0 Å². The Labute approximate surface area is 94.5 Å². The fourth-order valence-electron chi connectivity index (χ4n) is 1.38. The molecule has 0 spiro atoms. The Morgan fingerprint density at radius 2 is 2.12 bits per heavy atom. The lowest BCUT2D eigenvalue weighted by Gasteiger charge is -1.95. The first kappa shape index (κ1) is 11.0. The summed E-state index contributed by atoms with van der Waals surface area (Å²) < 4.78 is 31.3. The SMILES string of the molecule is CCOC(=O)c1cc2cc(F)cc(F)c2s1. The molecule has 0 unspecified atom stereocenters. The maximum absolute atomic E-state index is 13.3. The molecule has 0 saturated carbocycles. The number of fused-ring (bicyclic) bond motifs is 1. The molecule has 0 amide bonds. The number of esters is 1. The average Bonchev–Trinajstić information content (AvgIpc) is 2.62. The van der Waals surface area contributed by atoms with E-state index in [9.17, 15) is 13.6 Å². The van der Waals surface area contributed by atoms with Gasteiger partial charge in [0.15, 0.2) is 0 Å². The molecular formula is C11H8F2O2S. The van der Waals surface area contributed by atoms with Gasteiger partial charge in [-0.3, -0.25) is 0 Å². The molecule has 5 heteroatoms. The fourth-order valence-corrected chi connectivity index (χ4v) is 2.32. The van der Waals surface area contributed by atoms with Crippen LogP contribution in [0.4, 0.5) is 8.78 Å². The molecule has 0 radical (unpaired) electrons. The van der Waals surface area contributed by atoms with Crippen molar-refractivity contribution in [3.8, 4) is 0 Å². The Kier molecular flexibility index (Phi) is 2.87. The molecule has 0 aliphatic heterocycles. The van der Waals surface area contributed by atoms with Gasteiger partial charge in [0.05, 0.1) is 11.3 Å². The van der Waals surface area contributed by atoms with Gasteiger partial charge in [-0.25, -0.2) is 13.6 Å². The number of benzene rings is 1. The lowest BCUT2D eigenvalue weighted by Crippen LogP contribution is -2.01. The highest BCUT2D eigenvalue weighted by molar-refractivity contribution is 7.20. The van der Waals surface area contributed by atoms with Gasteiger partial charge < -0.3 is 4.74 Å². The summed E-state index contributed by atoms with van der Waals surface area (Å²) in [5, 5.41) is 0.380. The van der Waals surface area contributed by atoms with Crippen LogP contribution < -0.4 is 0 Å². The van der Waals surface area contributed by atoms with Crippen molar-refractivity contribution in [2.45, 2.75) is 6.92 Å². The lowest BCUT2D eigenvalue weighted by atomic mass is 10.2. The molecule has 0 atom stereocenters. The number of hydrogen-bond acceptors (Lipinski definition) is 3. The highest BCUT2D eigenvalue weighted by atomic mass is 32.1. The van der Waals surface area contributed by atoms with Crippen LogP contribution in [0.2, 0.25) is 0 Å². The van der Waals surface area contributed by atoms with Crippen molar-refractivity contribution < 1.29 is 18.3 Å². The molecule has 0 N–H and O–H groups in total. The summed E-state index contributed by atoms with van der Waals surface area (Å²) in [6, 6.07) is 3.43. The highest BCUT2D eigenvalue weighted by Crippen LogP contribution is 2.29. The standard InChI is InChI=1S/C11H8F2O2S/c1-2-15-11(14)9-4-6-3-7(12)5-8(13)10(6)16-9/h3-5H,2H2,1H3. The van der Waals surface area contributed by atoms with Gasteiger partial charge in [0, 0.05) is 6.07 Å². The molecule has 2 rings (SSSR count). The first-order valence-electron chi connectivity index (χ1n) is 4.67. The molecule has 0 aliphatic rings. The van der Waals surface area contributed by atoms with Gasteiger partial charge in [-0.05, 0) is 24.4 Å². The Morgan fingerprint density at radius 3 is 2.81 bits per heavy atom. The van der Waals surface area contributed by atoms with E-state index in [0.29, 0.717) is 5.39 Å². The van der Waals surface area contributed by atoms with Crippen LogP contribution in [-0.2, 0) is 4.74 Å². The van der Waals surface area contributed by atoms with E-state index < -0.39 is 17.6 Å². The molecule has 0 aliphatic carbocycles. The van der Waals surface area contributed by atoms with E-state index in [0.717, 1.165) is 17.4 Å². The zero-order valence-corrected chi connectivity index (χ0v) is 9.24. The second-order valence-corrected chi connectivity index (χ2v) is 4.19. The zero-order valence-electron chi connectivity index (χ0n) is 8.42. The molecule has 2 aromatic rings. The van der Waals surface area contributed by atoms with Crippen LogP contribution in [0.3, 0.4) is 0 Å². The van der Waals surface area contributed by atoms with Crippen molar-refractivity contribution in [2.75, 3.05) is 6.61 Å². The number of thiophene rings is 1. The highest BCUT2D eigenvalue weighted by Gasteiger charge is 2.14. The molecule has 16 heavy (non-hydrogen) atoms. The van der Waals surface area contributed by atoms with E-state index >= 15 is 0 Å². The number of rotatable bonds is 2. The van der Waals surface area contributed by atoms with Crippen molar-refractivity contribution in [3.05, 3.63) is 34.7 Å². The molecule has 1 aromatic carbocycles. The summed E-state index contributed by atoms with van der Waals surface area (Å²) in [5.41, 5.74) is 0. The van der Waals surface area contributed by atoms with Gasteiger partial charge in [0.2, 0.25) is 0 Å². The Balaban J connectivity index is 2.51. The maximum Gasteiger partial charge on any atom is 0.348 e.